The maximum atomic E-state index is 12.0. The van der Waals surface area contributed by atoms with Gasteiger partial charge in [0, 0.05) is 12.1 Å². The van der Waals surface area contributed by atoms with Gasteiger partial charge in [0.15, 0.2) is 0 Å². The number of hydrogen-bond acceptors (Lipinski definition) is 5. The molecule has 0 aliphatic carbocycles. The number of hydrogen-bond donors (Lipinski definition) is 2. The molecular formula is C19H23ClN2O4. The predicted molar refractivity (Wildman–Crippen MR) is 103 cm³/mol. The van der Waals surface area contributed by atoms with Crippen LogP contribution in [-0.2, 0) is 4.79 Å². The number of amides is 1. The number of benzene rings is 2. The Hall–Kier alpha value is -2.60. The van der Waals surface area contributed by atoms with Gasteiger partial charge < -0.3 is 24.8 Å². The molecule has 1 amide bonds. The number of rotatable bonds is 9. The smallest absolute Gasteiger partial charge is 0.239 e. The van der Waals surface area contributed by atoms with E-state index in [0.717, 1.165) is 11.3 Å². The van der Waals surface area contributed by atoms with Crippen LogP contribution in [0.15, 0.2) is 36.4 Å². The summed E-state index contributed by atoms with van der Waals surface area (Å²) < 4.78 is 16.0. The highest BCUT2D eigenvalue weighted by Gasteiger charge is 2.11. The predicted octanol–water partition coefficient (Wildman–Crippen LogP) is 3.27. The Bertz CT molecular complexity index is 752. The fraction of sp³-hybridized carbons (Fsp3) is 0.316. The number of nitrogens with one attached hydrogen (secondary N) is 2. The zero-order valence-electron chi connectivity index (χ0n) is 15.1. The Morgan fingerprint density at radius 3 is 2.58 bits per heavy atom. The van der Waals surface area contributed by atoms with Gasteiger partial charge >= 0.3 is 0 Å². The molecule has 6 nitrogen and oxygen atoms in total. The van der Waals surface area contributed by atoms with Gasteiger partial charge in [-0.3, -0.25) is 4.79 Å². The van der Waals surface area contributed by atoms with Crippen LogP contribution < -0.4 is 24.8 Å². The average Bonchev–Trinajstić information content (AvgIpc) is 2.64. The molecule has 2 aromatic rings. The largest absolute Gasteiger partial charge is 0.495 e. The van der Waals surface area contributed by atoms with Crippen LogP contribution >= 0.6 is 11.6 Å². The van der Waals surface area contributed by atoms with Crippen LogP contribution in [0.5, 0.6) is 17.2 Å². The van der Waals surface area contributed by atoms with Crippen LogP contribution in [0.4, 0.5) is 5.69 Å². The number of methoxy groups -OCH3 is 2. The van der Waals surface area contributed by atoms with Gasteiger partial charge in [-0.2, -0.15) is 0 Å². The first kappa shape index (κ1) is 19.7. The third kappa shape index (κ3) is 5.74. The quantitative estimate of drug-likeness (QED) is 0.655. The van der Waals surface area contributed by atoms with Gasteiger partial charge in [-0.15, -0.1) is 0 Å². The molecule has 0 radical (unpaired) electrons. The molecule has 0 heterocycles. The standard InChI is InChI=1S/C19H23ClN2O4/c1-13-5-4-6-14(9-13)26-8-7-21-19(23)12-22-16-11-17(24-2)15(20)10-18(16)25-3/h4-6,9-11,22H,7-8,12H2,1-3H3,(H,21,23). The number of anilines is 1. The Kier molecular flexibility index (Phi) is 7.41. The Morgan fingerprint density at radius 2 is 1.88 bits per heavy atom. The Balaban J connectivity index is 1.78. The lowest BCUT2D eigenvalue weighted by atomic mass is 10.2. The third-order valence-electron chi connectivity index (χ3n) is 3.60. The maximum Gasteiger partial charge on any atom is 0.239 e. The van der Waals surface area contributed by atoms with Crippen molar-refractivity contribution in [3.8, 4) is 17.2 Å². The van der Waals surface area contributed by atoms with Crippen molar-refractivity contribution in [1.29, 1.82) is 0 Å². The molecule has 0 atom stereocenters. The number of aryl methyl sites for hydroxylation is 1. The van der Waals surface area contributed by atoms with Crippen molar-refractivity contribution in [2.24, 2.45) is 0 Å². The van der Waals surface area contributed by atoms with Crippen LogP contribution in [0.1, 0.15) is 5.56 Å². The summed E-state index contributed by atoms with van der Waals surface area (Å²) in [4.78, 5) is 12.0. The lowest BCUT2D eigenvalue weighted by molar-refractivity contribution is -0.119. The second-order valence-electron chi connectivity index (χ2n) is 5.56. The van der Waals surface area contributed by atoms with Gasteiger partial charge in [0.1, 0.15) is 23.9 Å². The van der Waals surface area contributed by atoms with Crippen LogP contribution in [-0.4, -0.2) is 39.8 Å². The van der Waals surface area contributed by atoms with E-state index in [0.29, 0.717) is 35.4 Å². The lowest BCUT2D eigenvalue weighted by Gasteiger charge is -2.14. The normalized spacial score (nSPS) is 10.2. The van der Waals surface area contributed by atoms with Crippen molar-refractivity contribution in [1.82, 2.24) is 5.32 Å². The summed E-state index contributed by atoms with van der Waals surface area (Å²) in [7, 11) is 3.06. The highest BCUT2D eigenvalue weighted by Crippen LogP contribution is 2.35. The van der Waals surface area contributed by atoms with Crippen molar-refractivity contribution in [3.05, 3.63) is 47.0 Å². The zero-order chi connectivity index (χ0) is 18.9. The van der Waals surface area contributed by atoms with Crippen molar-refractivity contribution in [2.45, 2.75) is 6.92 Å². The van der Waals surface area contributed by atoms with Crippen molar-refractivity contribution in [3.63, 3.8) is 0 Å². The van der Waals surface area contributed by atoms with E-state index in [2.05, 4.69) is 10.6 Å². The summed E-state index contributed by atoms with van der Waals surface area (Å²) in [5.41, 5.74) is 1.75. The molecule has 0 aliphatic heterocycles. The number of carbonyl (C=O) groups is 1. The molecule has 2 aromatic carbocycles. The zero-order valence-corrected chi connectivity index (χ0v) is 15.9. The van der Waals surface area contributed by atoms with Gasteiger partial charge in [0.25, 0.3) is 0 Å². The molecule has 0 saturated heterocycles. The van der Waals surface area contributed by atoms with Crippen LogP contribution in [0, 0.1) is 6.92 Å². The minimum Gasteiger partial charge on any atom is -0.495 e. The van der Waals surface area contributed by atoms with Gasteiger partial charge in [0.2, 0.25) is 5.91 Å². The van der Waals surface area contributed by atoms with Crippen molar-refractivity contribution in [2.75, 3.05) is 39.2 Å². The fourth-order valence-electron chi connectivity index (χ4n) is 2.30. The van der Waals surface area contributed by atoms with E-state index < -0.39 is 0 Å². The summed E-state index contributed by atoms with van der Waals surface area (Å²) >= 11 is 6.06. The first-order valence-electron chi connectivity index (χ1n) is 8.15. The van der Waals surface area contributed by atoms with Gasteiger partial charge in [0.05, 0.1) is 38.0 Å². The molecule has 2 rings (SSSR count). The van der Waals surface area contributed by atoms with Crippen molar-refractivity contribution >= 4 is 23.2 Å². The highest BCUT2D eigenvalue weighted by atomic mass is 35.5. The van der Waals surface area contributed by atoms with Gasteiger partial charge in [-0.25, -0.2) is 0 Å². The molecule has 0 bridgehead atoms. The van der Waals surface area contributed by atoms with E-state index in [4.69, 9.17) is 25.8 Å². The monoisotopic (exact) mass is 378 g/mol. The summed E-state index contributed by atoms with van der Waals surface area (Å²) in [5.74, 6) is 1.66. The minimum atomic E-state index is -0.159. The second-order valence-corrected chi connectivity index (χ2v) is 5.96. The topological polar surface area (TPSA) is 68.8 Å². The maximum absolute atomic E-state index is 12.0. The number of halogens is 1. The first-order valence-corrected chi connectivity index (χ1v) is 8.53. The van der Waals surface area contributed by atoms with Gasteiger partial charge in [-0.05, 0) is 24.6 Å². The SMILES string of the molecule is COc1cc(NCC(=O)NCCOc2cccc(C)c2)c(OC)cc1Cl. The molecule has 26 heavy (non-hydrogen) atoms. The van der Waals surface area contributed by atoms with E-state index in [1.165, 1.54) is 14.2 Å². The van der Waals surface area contributed by atoms with E-state index in [9.17, 15) is 4.79 Å². The summed E-state index contributed by atoms with van der Waals surface area (Å²) in [6, 6.07) is 11.1. The molecule has 2 N–H and O–H groups in total. The van der Waals surface area contributed by atoms with Crippen LogP contribution in [0.3, 0.4) is 0 Å². The highest BCUT2D eigenvalue weighted by molar-refractivity contribution is 6.32. The first-order chi connectivity index (χ1) is 12.5. The second kappa shape index (κ2) is 9.77. The molecule has 0 aromatic heterocycles. The summed E-state index contributed by atoms with van der Waals surface area (Å²) in [5, 5.41) is 6.24. The molecule has 0 aliphatic rings. The molecular weight excluding hydrogens is 356 g/mol. The summed E-state index contributed by atoms with van der Waals surface area (Å²) in [6.45, 7) is 2.90. The van der Waals surface area contributed by atoms with E-state index in [-0.39, 0.29) is 12.5 Å². The minimum absolute atomic E-state index is 0.0889. The van der Waals surface area contributed by atoms with Gasteiger partial charge in [-0.1, -0.05) is 23.7 Å². The Morgan fingerprint density at radius 1 is 1.12 bits per heavy atom. The molecule has 0 fully saturated rings. The number of carbonyl (C=O) groups excluding carboxylic acids is 1. The molecule has 0 spiro atoms. The molecule has 140 valence electrons. The summed E-state index contributed by atoms with van der Waals surface area (Å²) in [6.07, 6.45) is 0. The fourth-order valence-corrected chi connectivity index (χ4v) is 2.53. The van der Waals surface area contributed by atoms with E-state index >= 15 is 0 Å². The molecule has 0 saturated carbocycles. The van der Waals surface area contributed by atoms with Crippen LogP contribution in [0.25, 0.3) is 0 Å². The molecule has 7 heteroatoms. The van der Waals surface area contributed by atoms with E-state index in [1.807, 2.05) is 31.2 Å². The lowest BCUT2D eigenvalue weighted by Crippen LogP contribution is -2.33. The average molecular weight is 379 g/mol. The van der Waals surface area contributed by atoms with E-state index in [1.54, 1.807) is 12.1 Å². The third-order valence-corrected chi connectivity index (χ3v) is 3.89. The molecule has 0 unspecified atom stereocenters. The Labute approximate surface area is 158 Å². The van der Waals surface area contributed by atoms with Crippen LogP contribution in [0.2, 0.25) is 5.02 Å². The van der Waals surface area contributed by atoms with Crippen molar-refractivity contribution < 1.29 is 19.0 Å². The number of ether oxygens (including phenoxy) is 3.